The molecule has 29 heavy (non-hydrogen) atoms. The van der Waals surface area contributed by atoms with Gasteiger partial charge in [-0.2, -0.15) is 0 Å². The summed E-state index contributed by atoms with van der Waals surface area (Å²) in [4.78, 5) is 42.2. The molecule has 4 rings (SSSR count). The minimum Gasteiger partial charge on any atom is -0.478 e. The van der Waals surface area contributed by atoms with Crippen LogP contribution in [0, 0.1) is 0 Å². The van der Waals surface area contributed by atoms with E-state index in [9.17, 15) is 19.5 Å². The molecule has 0 saturated heterocycles. The molecule has 4 aromatic rings. The summed E-state index contributed by atoms with van der Waals surface area (Å²) < 4.78 is 1.85. The Balaban J connectivity index is 1.52. The summed E-state index contributed by atoms with van der Waals surface area (Å²) >= 11 is 0. The highest BCUT2D eigenvalue weighted by atomic mass is 16.4. The van der Waals surface area contributed by atoms with E-state index in [-0.39, 0.29) is 16.8 Å². The number of hydrogen-bond acceptors (Lipinski definition) is 4. The van der Waals surface area contributed by atoms with Gasteiger partial charge in [-0.1, -0.05) is 24.3 Å². The topological polar surface area (TPSA) is 117 Å². The molecule has 0 fully saturated rings. The van der Waals surface area contributed by atoms with Gasteiger partial charge in [-0.15, -0.1) is 0 Å². The van der Waals surface area contributed by atoms with Crippen LogP contribution in [0.15, 0.2) is 71.9 Å². The van der Waals surface area contributed by atoms with Gasteiger partial charge in [0.1, 0.15) is 0 Å². The summed E-state index contributed by atoms with van der Waals surface area (Å²) in [5.41, 5.74) is 2.45. The van der Waals surface area contributed by atoms with Crippen LogP contribution in [0.1, 0.15) is 26.3 Å². The second-order valence-electron chi connectivity index (χ2n) is 6.41. The maximum Gasteiger partial charge on any atom is 0.337 e. The number of aromatic nitrogens is 3. The number of carboxylic acid groups (broad SMARTS) is 1. The maximum absolute atomic E-state index is 12.5. The fourth-order valence-corrected chi connectivity index (χ4v) is 3.06. The first-order valence-electron chi connectivity index (χ1n) is 8.78. The lowest BCUT2D eigenvalue weighted by Crippen LogP contribution is -2.14. The van der Waals surface area contributed by atoms with Crippen molar-refractivity contribution in [2.75, 3.05) is 5.32 Å². The molecule has 0 radical (unpaired) electrons. The zero-order valence-electron chi connectivity index (χ0n) is 15.1. The van der Waals surface area contributed by atoms with E-state index in [0.717, 1.165) is 11.1 Å². The van der Waals surface area contributed by atoms with Crippen molar-refractivity contribution in [3.8, 4) is 0 Å². The second kappa shape index (κ2) is 7.43. The summed E-state index contributed by atoms with van der Waals surface area (Å²) in [5.74, 6) is -1.51. The van der Waals surface area contributed by atoms with E-state index in [1.807, 2.05) is 4.57 Å². The third-order valence-electron chi connectivity index (χ3n) is 4.52. The first kappa shape index (κ1) is 18.2. The van der Waals surface area contributed by atoms with Crippen molar-refractivity contribution in [2.24, 2.45) is 0 Å². The van der Waals surface area contributed by atoms with Gasteiger partial charge >= 0.3 is 5.97 Å². The monoisotopic (exact) mass is 388 g/mol. The van der Waals surface area contributed by atoms with Gasteiger partial charge in [-0.3, -0.25) is 9.59 Å². The molecule has 144 valence electrons. The quantitative estimate of drug-likeness (QED) is 0.486. The van der Waals surface area contributed by atoms with Crippen molar-refractivity contribution in [1.29, 1.82) is 0 Å². The highest BCUT2D eigenvalue weighted by Crippen LogP contribution is 2.17. The SMILES string of the molecule is O=C(Nc1ccccc1C(=O)O)c1ccc(Cn2cnc3c(=O)[nH]ccc32)cc1. The Labute approximate surface area is 164 Å². The number of fused-ring (bicyclic) bond motifs is 1. The van der Waals surface area contributed by atoms with Crippen LogP contribution in [0.2, 0.25) is 0 Å². The van der Waals surface area contributed by atoms with Crippen LogP contribution in [-0.4, -0.2) is 31.5 Å². The molecule has 1 amide bonds. The molecule has 0 unspecified atom stereocenters. The predicted molar refractivity (Wildman–Crippen MR) is 107 cm³/mol. The van der Waals surface area contributed by atoms with Crippen LogP contribution in [0.4, 0.5) is 5.69 Å². The molecule has 8 nitrogen and oxygen atoms in total. The largest absolute Gasteiger partial charge is 0.478 e. The zero-order chi connectivity index (χ0) is 20.4. The number of carbonyl (C=O) groups excluding carboxylic acids is 1. The smallest absolute Gasteiger partial charge is 0.337 e. The van der Waals surface area contributed by atoms with E-state index < -0.39 is 11.9 Å². The number of para-hydroxylation sites is 1. The molecule has 0 atom stereocenters. The van der Waals surface area contributed by atoms with E-state index in [4.69, 9.17) is 0 Å². The summed E-state index contributed by atoms with van der Waals surface area (Å²) in [5, 5.41) is 11.9. The molecule has 0 aliphatic heterocycles. The number of H-pyrrole nitrogens is 1. The average Bonchev–Trinajstić information content (AvgIpc) is 3.13. The highest BCUT2D eigenvalue weighted by molar-refractivity contribution is 6.07. The lowest BCUT2D eigenvalue weighted by molar-refractivity contribution is 0.0698. The number of pyridine rings is 1. The highest BCUT2D eigenvalue weighted by Gasteiger charge is 2.13. The number of amides is 1. The van der Waals surface area contributed by atoms with Crippen LogP contribution >= 0.6 is 0 Å². The number of carboxylic acids is 1. The Morgan fingerprint density at radius 1 is 1.07 bits per heavy atom. The molecule has 8 heteroatoms. The molecular weight excluding hydrogens is 372 g/mol. The van der Waals surface area contributed by atoms with Crippen LogP contribution in [0.3, 0.4) is 0 Å². The first-order valence-corrected chi connectivity index (χ1v) is 8.78. The number of nitrogens with zero attached hydrogens (tertiary/aromatic N) is 2. The lowest BCUT2D eigenvalue weighted by Gasteiger charge is -2.09. The van der Waals surface area contributed by atoms with E-state index >= 15 is 0 Å². The van der Waals surface area contributed by atoms with Gasteiger partial charge in [0.2, 0.25) is 0 Å². The maximum atomic E-state index is 12.5. The fraction of sp³-hybridized carbons (Fsp3) is 0.0476. The standard InChI is InChI=1S/C21H16N4O4/c26-19(24-16-4-2-1-3-15(16)21(28)29)14-7-5-13(6-8-14)11-25-12-23-18-17(25)9-10-22-20(18)27/h1-10,12H,11H2,(H,22,27)(H,24,26)(H,28,29). The number of nitrogens with one attached hydrogen (secondary N) is 2. The molecule has 0 saturated carbocycles. The third kappa shape index (κ3) is 3.63. The van der Waals surface area contributed by atoms with Crippen LogP contribution in [0.25, 0.3) is 11.0 Å². The Morgan fingerprint density at radius 3 is 2.59 bits per heavy atom. The molecule has 2 heterocycles. The second-order valence-corrected chi connectivity index (χ2v) is 6.41. The van der Waals surface area contributed by atoms with Gasteiger partial charge in [0.25, 0.3) is 11.5 Å². The minimum atomic E-state index is -1.11. The van der Waals surface area contributed by atoms with E-state index in [2.05, 4.69) is 15.3 Å². The van der Waals surface area contributed by atoms with E-state index in [1.54, 1.807) is 61.1 Å². The van der Waals surface area contributed by atoms with Crippen molar-refractivity contribution in [3.05, 3.63) is 94.2 Å². The predicted octanol–water partition coefficient (Wildman–Crippen LogP) is 2.72. The molecule has 0 aliphatic rings. The number of anilines is 1. The number of imidazole rings is 1. The number of rotatable bonds is 5. The normalized spacial score (nSPS) is 10.8. The van der Waals surface area contributed by atoms with Crippen LogP contribution < -0.4 is 10.9 Å². The van der Waals surface area contributed by atoms with Crippen LogP contribution in [0.5, 0.6) is 0 Å². The molecule has 2 aromatic carbocycles. The number of hydrogen-bond donors (Lipinski definition) is 3. The van der Waals surface area contributed by atoms with Crippen molar-refractivity contribution < 1.29 is 14.7 Å². The molecular formula is C21H16N4O4. The Kier molecular flexibility index (Phi) is 4.66. The summed E-state index contributed by atoms with van der Waals surface area (Å²) in [6.07, 6.45) is 3.18. The molecule has 2 aromatic heterocycles. The van der Waals surface area contributed by atoms with Gasteiger partial charge < -0.3 is 20.0 Å². The summed E-state index contributed by atoms with van der Waals surface area (Å²) in [6.45, 7) is 0.490. The van der Waals surface area contributed by atoms with Gasteiger partial charge in [0, 0.05) is 18.3 Å². The van der Waals surface area contributed by atoms with Gasteiger partial charge in [-0.25, -0.2) is 9.78 Å². The number of aromatic carboxylic acids is 1. The Bertz CT molecular complexity index is 1270. The van der Waals surface area contributed by atoms with Crippen molar-refractivity contribution in [3.63, 3.8) is 0 Å². The molecule has 0 bridgehead atoms. The van der Waals surface area contributed by atoms with Gasteiger partial charge in [-0.05, 0) is 35.9 Å². The molecule has 0 spiro atoms. The minimum absolute atomic E-state index is 0.0273. The van der Waals surface area contributed by atoms with E-state index in [0.29, 0.717) is 17.6 Å². The zero-order valence-corrected chi connectivity index (χ0v) is 15.1. The molecule has 0 aliphatic carbocycles. The van der Waals surface area contributed by atoms with E-state index in [1.165, 1.54) is 6.07 Å². The lowest BCUT2D eigenvalue weighted by atomic mass is 10.1. The Morgan fingerprint density at radius 2 is 1.83 bits per heavy atom. The average molecular weight is 388 g/mol. The molecule has 3 N–H and O–H groups in total. The summed E-state index contributed by atoms with van der Waals surface area (Å²) in [6, 6.07) is 15.0. The number of aromatic amines is 1. The first-order chi connectivity index (χ1) is 14.0. The van der Waals surface area contributed by atoms with Crippen LogP contribution in [-0.2, 0) is 6.54 Å². The Hall–Kier alpha value is -4.20. The van der Waals surface area contributed by atoms with Crippen molar-refractivity contribution >= 4 is 28.6 Å². The van der Waals surface area contributed by atoms with Crippen molar-refractivity contribution in [2.45, 2.75) is 6.54 Å². The number of benzene rings is 2. The number of carbonyl (C=O) groups is 2. The third-order valence-corrected chi connectivity index (χ3v) is 4.52. The van der Waals surface area contributed by atoms with Gasteiger partial charge in [0.05, 0.1) is 23.1 Å². The van der Waals surface area contributed by atoms with Gasteiger partial charge in [0.15, 0.2) is 5.52 Å². The van der Waals surface area contributed by atoms with Crippen molar-refractivity contribution in [1.82, 2.24) is 14.5 Å². The fourth-order valence-electron chi connectivity index (χ4n) is 3.06. The summed E-state index contributed by atoms with van der Waals surface area (Å²) in [7, 11) is 0.